The summed E-state index contributed by atoms with van der Waals surface area (Å²) in [5.74, 6) is -1.81. The number of hydrogen-bond donors (Lipinski definition) is 5. The molecule has 0 aliphatic rings. The van der Waals surface area contributed by atoms with E-state index in [9.17, 15) is 45.7 Å². The number of carbonyl (C=O) groups is 2. The molecule has 0 spiro atoms. The van der Waals surface area contributed by atoms with Crippen molar-refractivity contribution in [2.75, 3.05) is 10.4 Å². The number of carboxylic acid groups (broad SMARTS) is 1. The number of nitrogens with zero attached hydrogens (tertiary/aromatic N) is 9. The Bertz CT molecular complexity index is 3090. The lowest BCUT2D eigenvalue weighted by Gasteiger charge is -2.13. The molecule has 0 bridgehead atoms. The maximum Gasteiger partial charge on any atom is 0.337 e. The Morgan fingerprint density at radius 3 is 2.06 bits per heavy atom. The van der Waals surface area contributed by atoms with Crippen molar-refractivity contribution in [1.82, 2.24) is 0 Å². The summed E-state index contributed by atoms with van der Waals surface area (Å²) >= 11 is 0. The highest BCUT2D eigenvalue weighted by atomic mass is 32.2. The Morgan fingerprint density at radius 1 is 0.794 bits per heavy atom. The van der Waals surface area contributed by atoms with Crippen molar-refractivity contribution in [2.24, 2.45) is 40.9 Å². The molecule has 0 saturated heterocycles. The molecule has 5 aromatic rings. The normalized spacial score (nSPS) is 12.8. The number of nitrogens with one attached hydrogen (secondary N) is 1. The van der Waals surface area contributed by atoms with Gasteiger partial charge in [-0.2, -0.15) is 52.6 Å². The van der Waals surface area contributed by atoms with Crippen molar-refractivity contribution in [3.8, 4) is 5.75 Å². The van der Waals surface area contributed by atoms with Gasteiger partial charge in [-0.3, -0.25) is 13.9 Å². The SMILES string of the molecule is C=C\C=C(/C(=C\C=N\N(N=C)c1ccccc1C(=O)O)N=Nc1ccc(N=Nc2cc(C)c(N=Nc3c(S(=O)(=O)O)cc4cc(NC=O)ccc4c3O)cc2C)cc1C)S(=O)(=O)O. The number of hydrogen-bond acceptors (Lipinski definition) is 16. The summed E-state index contributed by atoms with van der Waals surface area (Å²) < 4.78 is 69.2. The van der Waals surface area contributed by atoms with E-state index in [4.69, 9.17) is 0 Å². The number of phenols is 1. The number of hydrazone groups is 2. The molecule has 0 saturated carbocycles. The first kappa shape index (κ1) is 46.2. The summed E-state index contributed by atoms with van der Waals surface area (Å²) in [4.78, 5) is 21.2. The summed E-state index contributed by atoms with van der Waals surface area (Å²) in [6.45, 7) is 12.0. The molecule has 1 amide bonds. The molecule has 0 aliphatic carbocycles. The molecule has 0 unspecified atom stereocenters. The third kappa shape index (κ3) is 11.3. The number of benzene rings is 5. The van der Waals surface area contributed by atoms with E-state index in [1.165, 1.54) is 36.4 Å². The lowest BCUT2D eigenvalue weighted by atomic mass is 10.1. The maximum atomic E-state index is 12.3. The quantitative estimate of drug-likeness (QED) is 0.0146. The Labute approximate surface area is 360 Å². The first-order chi connectivity index (χ1) is 29.9. The van der Waals surface area contributed by atoms with E-state index >= 15 is 0 Å². The molecule has 0 fully saturated rings. The standard InChI is InChI=1S/C41H36N10O10S2/c1-6-9-37(62(56,57)58)33(16-17-44-51(42-5)36-11-8-7-10-31(36)41(54)55)47-46-32-15-13-29(18-24(32)2)45-48-34-19-26(4)35(20-25(34)3)49-50-39-38(63(59,60)61)22-27-21-28(43-23-52)12-14-30(27)40(39)53/h6-23,53H,1,5H2,2-4H3,(H,43,52)(H,54,55)(H,56,57,58)(H,59,60,61)/b33-16+,37-9+,44-17+,47-46?,48-45?,50-49?. The number of amides is 1. The highest BCUT2D eigenvalue weighted by Gasteiger charge is 2.23. The monoisotopic (exact) mass is 892 g/mol. The molecule has 0 aromatic heterocycles. The van der Waals surface area contributed by atoms with Crippen molar-refractivity contribution in [2.45, 2.75) is 25.7 Å². The zero-order valence-electron chi connectivity index (χ0n) is 33.4. The van der Waals surface area contributed by atoms with Gasteiger partial charge >= 0.3 is 5.97 Å². The number of aromatic carboxylic acids is 1. The molecule has 5 rings (SSSR count). The number of rotatable bonds is 17. The van der Waals surface area contributed by atoms with E-state index in [2.05, 4.69) is 59.5 Å². The lowest BCUT2D eigenvalue weighted by Crippen LogP contribution is -2.12. The van der Waals surface area contributed by atoms with Crippen LogP contribution in [0.15, 0.2) is 160 Å². The average Bonchev–Trinajstić information content (AvgIpc) is 3.22. The zero-order valence-corrected chi connectivity index (χ0v) is 35.0. The van der Waals surface area contributed by atoms with Crippen molar-refractivity contribution >= 4 is 96.1 Å². The summed E-state index contributed by atoms with van der Waals surface area (Å²) in [6.07, 6.45) is 4.69. The van der Waals surface area contributed by atoms with Crippen LogP contribution in [0.5, 0.6) is 5.75 Å². The van der Waals surface area contributed by atoms with E-state index < -0.39 is 47.4 Å². The van der Waals surface area contributed by atoms with Gasteiger partial charge in [0.05, 0.1) is 34.5 Å². The van der Waals surface area contributed by atoms with Crippen LogP contribution in [-0.4, -0.2) is 61.5 Å². The van der Waals surface area contributed by atoms with E-state index in [0.717, 1.165) is 35.6 Å². The van der Waals surface area contributed by atoms with E-state index in [1.807, 2.05) is 0 Å². The molecular weight excluding hydrogens is 857 g/mol. The van der Waals surface area contributed by atoms with Gasteiger partial charge in [0.2, 0.25) is 6.41 Å². The second kappa shape index (κ2) is 19.6. The minimum Gasteiger partial charge on any atom is -0.505 e. The Morgan fingerprint density at radius 2 is 1.46 bits per heavy atom. The molecular formula is C41H36N10O10S2. The number of allylic oxidation sites excluding steroid dienone is 3. The Balaban J connectivity index is 1.40. The number of fused-ring (bicyclic) bond motifs is 1. The predicted molar refractivity (Wildman–Crippen MR) is 237 cm³/mol. The van der Waals surface area contributed by atoms with Gasteiger partial charge in [0.1, 0.15) is 26.9 Å². The van der Waals surface area contributed by atoms with Crippen molar-refractivity contribution < 1.29 is 45.7 Å². The predicted octanol–water partition coefficient (Wildman–Crippen LogP) is 9.85. The largest absolute Gasteiger partial charge is 0.505 e. The van der Waals surface area contributed by atoms with Gasteiger partial charge in [-0.1, -0.05) is 24.8 Å². The minimum absolute atomic E-state index is 0.0620. The lowest BCUT2D eigenvalue weighted by molar-refractivity contribution is -0.105. The third-order valence-corrected chi connectivity index (χ3v) is 10.5. The van der Waals surface area contributed by atoms with Crippen LogP contribution in [0.3, 0.4) is 0 Å². The molecule has 0 heterocycles. The van der Waals surface area contributed by atoms with Crippen LogP contribution in [0.2, 0.25) is 0 Å². The van der Waals surface area contributed by atoms with Crippen molar-refractivity contribution in [1.29, 1.82) is 0 Å². The van der Waals surface area contributed by atoms with E-state index in [-0.39, 0.29) is 33.4 Å². The summed E-state index contributed by atoms with van der Waals surface area (Å²) in [6, 6.07) is 19.3. The van der Waals surface area contributed by atoms with Crippen molar-refractivity contribution in [3.05, 3.63) is 137 Å². The van der Waals surface area contributed by atoms with E-state index in [0.29, 0.717) is 45.8 Å². The highest BCUT2D eigenvalue weighted by molar-refractivity contribution is 7.90. The first-order valence-electron chi connectivity index (χ1n) is 17.9. The molecule has 5 aromatic carbocycles. The van der Waals surface area contributed by atoms with Crippen LogP contribution in [-0.2, 0) is 25.0 Å². The van der Waals surface area contributed by atoms with Crippen molar-refractivity contribution in [3.63, 3.8) is 0 Å². The average molecular weight is 893 g/mol. The van der Waals surface area contributed by atoms with Gasteiger partial charge < -0.3 is 15.5 Å². The zero-order chi connectivity index (χ0) is 46.1. The topological polar surface area (TPSA) is 297 Å². The number of anilines is 2. The Kier molecular flexibility index (Phi) is 14.4. The van der Waals surface area contributed by atoms with Crippen LogP contribution < -0.4 is 10.4 Å². The summed E-state index contributed by atoms with van der Waals surface area (Å²) in [5.41, 5.74) is 2.49. The van der Waals surface area contributed by atoms with Crippen LogP contribution in [0.4, 0.5) is 39.8 Å². The second-order valence-corrected chi connectivity index (χ2v) is 15.8. The fraction of sp³-hybridized carbons (Fsp3) is 0.0732. The molecule has 322 valence electrons. The number of carboxylic acids is 1. The Hall–Kier alpha value is -7.92. The minimum atomic E-state index is -4.88. The number of carbonyl (C=O) groups excluding carboxylic acids is 1. The smallest absolute Gasteiger partial charge is 0.337 e. The number of para-hydroxylation sites is 1. The van der Waals surface area contributed by atoms with E-state index in [1.54, 1.807) is 57.2 Å². The molecule has 0 radical (unpaired) electrons. The van der Waals surface area contributed by atoms with Crippen LogP contribution in [0.1, 0.15) is 27.0 Å². The fourth-order valence-corrected chi connectivity index (χ4v) is 6.99. The van der Waals surface area contributed by atoms with Crippen LogP contribution in [0.25, 0.3) is 10.8 Å². The fourth-order valence-electron chi connectivity index (χ4n) is 5.69. The molecule has 63 heavy (non-hydrogen) atoms. The van der Waals surface area contributed by atoms with Gasteiger partial charge in [-0.05, 0) is 122 Å². The van der Waals surface area contributed by atoms with Crippen LogP contribution in [0, 0.1) is 20.8 Å². The maximum absolute atomic E-state index is 12.3. The third-order valence-electron chi connectivity index (χ3n) is 8.74. The number of azo groups is 3. The second-order valence-electron chi connectivity index (χ2n) is 13.1. The molecule has 0 aliphatic heterocycles. The number of aryl methyl sites for hydroxylation is 3. The number of aromatic hydroxyl groups is 1. The molecule has 5 N–H and O–H groups in total. The van der Waals surface area contributed by atoms with Gasteiger partial charge in [0.25, 0.3) is 20.2 Å². The van der Waals surface area contributed by atoms with Gasteiger partial charge in [0, 0.05) is 17.8 Å². The van der Waals surface area contributed by atoms with Gasteiger partial charge in [-0.25, -0.2) is 4.79 Å². The summed E-state index contributed by atoms with van der Waals surface area (Å²) in [5, 5.41) is 57.1. The van der Waals surface area contributed by atoms with Crippen LogP contribution >= 0.6 is 0 Å². The highest BCUT2D eigenvalue weighted by Crippen LogP contribution is 2.42. The number of phenolic OH excluding ortho intramolecular Hbond substituents is 1. The van der Waals surface area contributed by atoms with Gasteiger partial charge in [0.15, 0.2) is 5.75 Å². The molecule has 0 atom stereocenters. The first-order valence-corrected chi connectivity index (χ1v) is 20.8. The molecule has 22 heteroatoms. The molecule has 20 nitrogen and oxygen atoms in total. The van der Waals surface area contributed by atoms with Gasteiger partial charge in [-0.15, -0.1) is 10.2 Å². The summed E-state index contributed by atoms with van der Waals surface area (Å²) in [7, 11) is -9.75.